The van der Waals surface area contributed by atoms with Crippen LogP contribution in [-0.2, 0) is 11.8 Å². The van der Waals surface area contributed by atoms with E-state index in [4.69, 9.17) is 5.73 Å². The van der Waals surface area contributed by atoms with Crippen LogP contribution in [0.25, 0.3) is 0 Å². The van der Waals surface area contributed by atoms with Gasteiger partial charge in [0.25, 0.3) is 0 Å². The molecule has 0 aliphatic carbocycles. The molecule has 0 saturated carbocycles. The van der Waals surface area contributed by atoms with Crippen LogP contribution < -0.4 is 5.73 Å². The molecule has 1 aromatic carbocycles. The molecule has 0 aliphatic heterocycles. The maximum Gasteiger partial charge on any atom is 0.235 e. The second-order valence-corrected chi connectivity index (χ2v) is 5.64. The minimum Gasteiger partial charge on any atom is -0.368 e. The number of nitrogens with two attached hydrogens (primary N) is 1. The molecule has 19 heavy (non-hydrogen) atoms. The Hall–Kier alpha value is -1.48. The molecular weight excluding hydrogens is 337 g/mol. The molecule has 100 valence electrons. The average Bonchev–Trinajstić information content (AvgIpc) is 2.72. The lowest BCUT2D eigenvalue weighted by Crippen LogP contribution is -2.20. The lowest BCUT2D eigenvalue weighted by Gasteiger charge is -2.13. The van der Waals surface area contributed by atoms with Gasteiger partial charge in [0, 0.05) is 17.1 Å². The van der Waals surface area contributed by atoms with Crippen LogP contribution in [0.5, 0.6) is 0 Å². The van der Waals surface area contributed by atoms with Crippen LogP contribution in [0.4, 0.5) is 4.39 Å². The normalized spacial score (nSPS) is 12.4. The van der Waals surface area contributed by atoms with Crippen LogP contribution in [0.15, 0.2) is 27.8 Å². The smallest absolute Gasteiger partial charge is 0.235 e. The van der Waals surface area contributed by atoms with Gasteiger partial charge in [-0.1, -0.05) is 33.8 Å². The largest absolute Gasteiger partial charge is 0.368 e. The van der Waals surface area contributed by atoms with E-state index in [0.29, 0.717) is 9.63 Å². The first-order valence-electron chi connectivity index (χ1n) is 5.12. The number of amides is 1. The zero-order chi connectivity index (χ0) is 14.0. The van der Waals surface area contributed by atoms with Crippen molar-refractivity contribution in [2.75, 3.05) is 0 Å². The van der Waals surface area contributed by atoms with E-state index < -0.39 is 17.0 Å². The second kappa shape index (κ2) is 5.66. The number of thioether (sulfide) groups is 1. The molecule has 0 fully saturated rings. The zero-order valence-corrected chi connectivity index (χ0v) is 12.2. The van der Waals surface area contributed by atoms with Crippen molar-refractivity contribution in [1.29, 1.82) is 0 Å². The number of benzene rings is 1. The maximum atomic E-state index is 13.9. The Morgan fingerprint density at radius 3 is 2.84 bits per heavy atom. The fourth-order valence-electron chi connectivity index (χ4n) is 1.42. The lowest BCUT2D eigenvalue weighted by molar-refractivity contribution is -0.117. The predicted molar refractivity (Wildman–Crippen MR) is 70.7 cm³/mol. The van der Waals surface area contributed by atoms with Gasteiger partial charge in [0.1, 0.15) is 11.1 Å². The molecule has 2 N–H and O–H groups in total. The van der Waals surface area contributed by atoms with Crippen molar-refractivity contribution in [3.63, 3.8) is 0 Å². The van der Waals surface area contributed by atoms with Gasteiger partial charge in [-0.05, 0) is 22.6 Å². The number of nitrogens with zero attached hydrogens (tertiary/aromatic N) is 4. The molecule has 0 aliphatic rings. The van der Waals surface area contributed by atoms with Crippen molar-refractivity contribution in [3.8, 4) is 0 Å². The number of carbonyl (C=O) groups is 1. The molecule has 2 rings (SSSR count). The molecule has 1 heterocycles. The molecule has 1 atom stereocenters. The summed E-state index contributed by atoms with van der Waals surface area (Å²) >= 11 is 4.16. The molecule has 9 heteroatoms. The van der Waals surface area contributed by atoms with E-state index in [-0.39, 0.29) is 5.56 Å². The Morgan fingerprint density at radius 1 is 1.58 bits per heavy atom. The summed E-state index contributed by atoms with van der Waals surface area (Å²) < 4.78 is 15.9. The second-order valence-electron chi connectivity index (χ2n) is 3.65. The Kier molecular flexibility index (Phi) is 4.15. The number of carbonyl (C=O) groups excluding carboxylic acids is 1. The van der Waals surface area contributed by atoms with Gasteiger partial charge in [-0.25, -0.2) is 9.07 Å². The molecule has 0 bridgehead atoms. The molecule has 2 aromatic rings. The van der Waals surface area contributed by atoms with E-state index >= 15 is 0 Å². The third kappa shape index (κ3) is 3.10. The van der Waals surface area contributed by atoms with Gasteiger partial charge in [0.2, 0.25) is 11.1 Å². The van der Waals surface area contributed by atoms with Crippen LogP contribution >= 0.6 is 27.7 Å². The number of aromatic nitrogens is 4. The summed E-state index contributed by atoms with van der Waals surface area (Å²) in [6.07, 6.45) is 0. The van der Waals surface area contributed by atoms with Crippen LogP contribution in [0, 0.1) is 5.82 Å². The number of rotatable bonds is 4. The summed E-state index contributed by atoms with van der Waals surface area (Å²) in [5, 5.41) is 10.3. The molecule has 1 unspecified atom stereocenters. The highest BCUT2D eigenvalue weighted by molar-refractivity contribution is 9.10. The minimum absolute atomic E-state index is 0.198. The van der Waals surface area contributed by atoms with Crippen molar-refractivity contribution >= 4 is 33.6 Å². The average molecular weight is 346 g/mol. The predicted octanol–water partition coefficient (Wildman–Crippen LogP) is 1.43. The topological polar surface area (TPSA) is 86.7 Å². The van der Waals surface area contributed by atoms with Gasteiger partial charge >= 0.3 is 0 Å². The Bertz CT molecular complexity index is 620. The van der Waals surface area contributed by atoms with Crippen LogP contribution in [-0.4, -0.2) is 26.1 Å². The summed E-state index contributed by atoms with van der Waals surface area (Å²) in [6, 6.07) is 4.43. The standard InChI is InChI=1S/C10H9BrFN5OS/c1-17-10(14-15-16-17)19-8(9(13)18)6-3-2-5(11)4-7(6)12/h2-4,8H,1H3,(H2,13,18). The number of aryl methyl sites for hydroxylation is 1. The number of hydrogen-bond donors (Lipinski definition) is 1. The highest BCUT2D eigenvalue weighted by atomic mass is 79.9. The SMILES string of the molecule is Cn1nnnc1SC(C(N)=O)c1ccc(Br)cc1F. The summed E-state index contributed by atoms with van der Waals surface area (Å²) in [7, 11) is 1.62. The fourth-order valence-corrected chi connectivity index (χ4v) is 2.67. The highest BCUT2D eigenvalue weighted by Gasteiger charge is 2.25. The van der Waals surface area contributed by atoms with E-state index in [1.54, 1.807) is 13.1 Å². The minimum atomic E-state index is -0.891. The number of hydrogen-bond acceptors (Lipinski definition) is 5. The summed E-state index contributed by atoms with van der Waals surface area (Å²) in [4.78, 5) is 11.5. The first-order chi connectivity index (χ1) is 8.99. The Balaban J connectivity index is 2.35. The van der Waals surface area contributed by atoms with Crippen molar-refractivity contribution < 1.29 is 9.18 Å². The fraction of sp³-hybridized carbons (Fsp3) is 0.200. The van der Waals surface area contributed by atoms with Crippen molar-refractivity contribution in [3.05, 3.63) is 34.1 Å². The Labute approximate surface area is 120 Å². The van der Waals surface area contributed by atoms with Gasteiger partial charge in [-0.15, -0.1) is 5.10 Å². The van der Waals surface area contributed by atoms with Crippen molar-refractivity contribution in [2.45, 2.75) is 10.4 Å². The molecule has 1 aromatic heterocycles. The molecular formula is C10H9BrFN5OS. The van der Waals surface area contributed by atoms with Gasteiger partial charge in [0.15, 0.2) is 0 Å². The van der Waals surface area contributed by atoms with Gasteiger partial charge < -0.3 is 5.73 Å². The first-order valence-corrected chi connectivity index (χ1v) is 6.79. The van der Waals surface area contributed by atoms with E-state index in [9.17, 15) is 9.18 Å². The quantitative estimate of drug-likeness (QED) is 0.847. The molecule has 0 spiro atoms. The van der Waals surface area contributed by atoms with Crippen molar-refractivity contribution in [1.82, 2.24) is 20.2 Å². The Morgan fingerprint density at radius 2 is 2.32 bits per heavy atom. The van der Waals surface area contributed by atoms with E-state index in [2.05, 4.69) is 31.5 Å². The third-order valence-corrected chi connectivity index (χ3v) is 4.08. The van der Waals surface area contributed by atoms with Crippen LogP contribution in [0.3, 0.4) is 0 Å². The lowest BCUT2D eigenvalue weighted by atomic mass is 10.1. The number of tetrazole rings is 1. The molecule has 0 saturated heterocycles. The molecule has 0 radical (unpaired) electrons. The number of halogens is 2. The maximum absolute atomic E-state index is 13.9. The van der Waals surface area contributed by atoms with Gasteiger partial charge in [-0.3, -0.25) is 4.79 Å². The van der Waals surface area contributed by atoms with Gasteiger partial charge in [0.05, 0.1) is 0 Å². The van der Waals surface area contributed by atoms with Crippen LogP contribution in [0.1, 0.15) is 10.8 Å². The van der Waals surface area contributed by atoms with Crippen molar-refractivity contribution in [2.24, 2.45) is 12.8 Å². The van der Waals surface area contributed by atoms with E-state index in [1.165, 1.54) is 16.8 Å². The van der Waals surface area contributed by atoms with E-state index in [1.807, 2.05) is 0 Å². The van der Waals surface area contributed by atoms with Gasteiger partial charge in [-0.2, -0.15) is 0 Å². The van der Waals surface area contributed by atoms with Crippen LogP contribution in [0.2, 0.25) is 0 Å². The summed E-state index contributed by atoms with van der Waals surface area (Å²) in [5.41, 5.74) is 5.52. The highest BCUT2D eigenvalue weighted by Crippen LogP contribution is 2.35. The summed E-state index contributed by atoms with van der Waals surface area (Å²) in [5.74, 6) is -1.17. The number of primary amides is 1. The third-order valence-electron chi connectivity index (χ3n) is 2.31. The molecule has 1 amide bonds. The summed E-state index contributed by atoms with van der Waals surface area (Å²) in [6.45, 7) is 0. The van der Waals surface area contributed by atoms with E-state index in [0.717, 1.165) is 11.8 Å². The molecule has 6 nitrogen and oxygen atoms in total. The monoisotopic (exact) mass is 345 g/mol. The zero-order valence-electron chi connectivity index (χ0n) is 9.75. The first kappa shape index (κ1) is 13.9.